The third kappa shape index (κ3) is 11.0. The number of urea groups is 1. The van der Waals surface area contributed by atoms with Gasteiger partial charge in [-0.1, -0.05) is 102 Å². The fraction of sp³-hybridized carbons (Fsp3) is 0.543. The summed E-state index contributed by atoms with van der Waals surface area (Å²) in [5.41, 5.74) is 2.65. The van der Waals surface area contributed by atoms with Gasteiger partial charge in [0.25, 0.3) is 0 Å². The van der Waals surface area contributed by atoms with Crippen LogP contribution in [0.2, 0.25) is 0 Å². The van der Waals surface area contributed by atoms with Crippen molar-refractivity contribution in [2.75, 3.05) is 6.54 Å². The first-order chi connectivity index (χ1) is 20.6. The summed E-state index contributed by atoms with van der Waals surface area (Å²) in [4.78, 5) is 15.8. The Morgan fingerprint density at radius 2 is 1.74 bits per heavy atom. The molecule has 1 aliphatic carbocycles. The van der Waals surface area contributed by atoms with Gasteiger partial charge in [0.15, 0.2) is 0 Å². The van der Waals surface area contributed by atoms with Gasteiger partial charge < -0.3 is 9.64 Å². The predicted molar refractivity (Wildman–Crippen MR) is 169 cm³/mol. The molecule has 43 heavy (non-hydrogen) atoms. The largest absolute Gasteiger partial charge is 0.573 e. The van der Waals surface area contributed by atoms with E-state index < -0.39 is 6.36 Å². The Morgan fingerprint density at radius 1 is 1.07 bits per heavy atom. The van der Waals surface area contributed by atoms with Crippen LogP contribution in [0.25, 0.3) is 5.57 Å². The van der Waals surface area contributed by atoms with E-state index in [-0.39, 0.29) is 17.8 Å². The molecule has 0 radical (unpaired) electrons. The standard InChI is InChI=1S/C30H38F3N3O2.C5H10/c1-5-10-26(24-14-17-28(18-15-24)38-30(31,32)33)21-36(34-4)29(37)35-20-25(22(3)6-2)13-16-27(35)19-23-11-8-7-9-12-23;1-2-5-3-4-5/h7-9,11-12,14-15,17-18,21-22,25,27H,4-6,10,13,16,19-20H2,1-3H3;5H,2-4H2,1H3/b26-21+;/t22?,25?,27-;/m1./s1. The third-order valence-electron chi connectivity index (χ3n) is 8.63. The molecule has 3 atom stereocenters. The van der Waals surface area contributed by atoms with Crippen LogP contribution >= 0.6 is 0 Å². The van der Waals surface area contributed by atoms with Gasteiger partial charge in [0.1, 0.15) is 5.75 Å². The summed E-state index contributed by atoms with van der Waals surface area (Å²) in [6.45, 7) is 13.0. The van der Waals surface area contributed by atoms with Crippen molar-refractivity contribution >= 4 is 18.3 Å². The molecule has 0 N–H and O–H groups in total. The fourth-order valence-corrected chi connectivity index (χ4v) is 5.57. The van der Waals surface area contributed by atoms with Crippen LogP contribution in [0.3, 0.4) is 0 Å². The Morgan fingerprint density at radius 3 is 2.26 bits per heavy atom. The van der Waals surface area contributed by atoms with Gasteiger partial charge in [0, 0.05) is 25.5 Å². The van der Waals surface area contributed by atoms with Crippen molar-refractivity contribution < 1.29 is 22.7 Å². The van der Waals surface area contributed by atoms with Crippen LogP contribution in [0, 0.1) is 17.8 Å². The van der Waals surface area contributed by atoms with E-state index in [4.69, 9.17) is 0 Å². The molecule has 1 aliphatic heterocycles. The summed E-state index contributed by atoms with van der Waals surface area (Å²) in [6.07, 6.45) is 6.53. The maximum Gasteiger partial charge on any atom is 0.573 e. The van der Waals surface area contributed by atoms with Crippen molar-refractivity contribution in [2.24, 2.45) is 22.9 Å². The van der Waals surface area contributed by atoms with Crippen molar-refractivity contribution in [3.8, 4) is 5.75 Å². The molecule has 2 fully saturated rings. The normalized spacial score (nSPS) is 19.6. The molecule has 1 heterocycles. The van der Waals surface area contributed by atoms with Crippen LogP contribution in [-0.2, 0) is 6.42 Å². The predicted octanol–water partition coefficient (Wildman–Crippen LogP) is 9.94. The molecule has 236 valence electrons. The van der Waals surface area contributed by atoms with Crippen LogP contribution in [0.5, 0.6) is 5.75 Å². The van der Waals surface area contributed by atoms with Gasteiger partial charge in [-0.05, 0) is 72.3 Å². The van der Waals surface area contributed by atoms with Crippen molar-refractivity contribution in [1.29, 1.82) is 0 Å². The average Bonchev–Trinajstić information content (AvgIpc) is 3.84. The molecule has 2 aromatic carbocycles. The topological polar surface area (TPSA) is 45.1 Å². The number of alkyl halides is 3. The average molecular weight is 600 g/mol. The maximum atomic E-state index is 13.9. The van der Waals surface area contributed by atoms with Gasteiger partial charge in [0.2, 0.25) is 0 Å². The fourth-order valence-electron chi connectivity index (χ4n) is 5.57. The highest BCUT2D eigenvalue weighted by Crippen LogP contribution is 2.33. The highest BCUT2D eigenvalue weighted by molar-refractivity contribution is 5.79. The number of carbonyl (C=O) groups is 1. The molecular weight excluding hydrogens is 551 g/mol. The van der Waals surface area contributed by atoms with E-state index >= 15 is 0 Å². The molecule has 2 amide bonds. The van der Waals surface area contributed by atoms with Gasteiger partial charge in [-0.2, -0.15) is 10.1 Å². The zero-order valence-electron chi connectivity index (χ0n) is 26.2. The van der Waals surface area contributed by atoms with Crippen LogP contribution in [0.4, 0.5) is 18.0 Å². The number of benzene rings is 2. The lowest BCUT2D eigenvalue weighted by molar-refractivity contribution is -0.274. The van der Waals surface area contributed by atoms with Crippen molar-refractivity contribution in [3.63, 3.8) is 0 Å². The van der Waals surface area contributed by atoms with E-state index in [0.29, 0.717) is 30.4 Å². The smallest absolute Gasteiger partial charge is 0.406 e. The number of hydrazone groups is 1. The number of piperidine rings is 1. The molecule has 8 heteroatoms. The molecule has 0 bridgehead atoms. The minimum Gasteiger partial charge on any atom is -0.406 e. The number of rotatable bonds is 11. The monoisotopic (exact) mass is 599 g/mol. The first-order valence-corrected chi connectivity index (χ1v) is 15.8. The van der Waals surface area contributed by atoms with Crippen LogP contribution in [0.1, 0.15) is 90.2 Å². The van der Waals surface area contributed by atoms with E-state index in [0.717, 1.165) is 43.6 Å². The van der Waals surface area contributed by atoms with Crippen molar-refractivity contribution in [3.05, 3.63) is 71.9 Å². The van der Waals surface area contributed by atoms with Gasteiger partial charge in [-0.25, -0.2) is 4.79 Å². The lowest BCUT2D eigenvalue weighted by atomic mass is 9.81. The van der Waals surface area contributed by atoms with Gasteiger partial charge in [-0.15, -0.1) is 13.2 Å². The van der Waals surface area contributed by atoms with Crippen LogP contribution in [-0.4, -0.2) is 41.6 Å². The van der Waals surface area contributed by atoms with E-state index in [1.165, 1.54) is 42.0 Å². The first-order valence-electron chi connectivity index (χ1n) is 15.8. The SMILES string of the molecule is C=NN(/C=C(\CCC)c1ccc(OC(F)(F)F)cc1)C(=O)N1CC(C(C)CC)CC[C@@H]1Cc1ccccc1.CCC1CC1. The third-order valence-corrected chi connectivity index (χ3v) is 8.63. The second-order valence-electron chi connectivity index (χ2n) is 11.8. The first kappa shape index (κ1) is 34.2. The highest BCUT2D eigenvalue weighted by atomic mass is 19.4. The molecule has 2 aromatic rings. The Balaban J connectivity index is 0.000000915. The van der Waals surface area contributed by atoms with Gasteiger partial charge in [0.05, 0.1) is 0 Å². The number of likely N-dealkylation sites (tertiary alicyclic amines) is 1. The number of hydrogen-bond acceptors (Lipinski definition) is 3. The number of amides is 2. The number of halogens is 3. The van der Waals surface area contributed by atoms with Gasteiger partial charge in [-0.3, -0.25) is 0 Å². The van der Waals surface area contributed by atoms with Crippen molar-refractivity contribution in [1.82, 2.24) is 9.91 Å². The number of allylic oxidation sites excluding steroid dienone is 1. The van der Waals surface area contributed by atoms with E-state index in [1.54, 1.807) is 18.3 Å². The zero-order chi connectivity index (χ0) is 31.4. The summed E-state index contributed by atoms with van der Waals surface area (Å²) in [6, 6.07) is 15.6. The summed E-state index contributed by atoms with van der Waals surface area (Å²) in [7, 11) is 0. The minimum atomic E-state index is -4.75. The molecule has 2 aliphatic rings. The Hall–Kier alpha value is -3.29. The Kier molecular flexibility index (Phi) is 13.1. The van der Waals surface area contributed by atoms with E-state index in [1.807, 2.05) is 30.0 Å². The number of carbonyl (C=O) groups excluding carboxylic acids is 1. The maximum absolute atomic E-state index is 13.9. The van der Waals surface area contributed by atoms with Crippen molar-refractivity contribution in [2.45, 2.75) is 97.9 Å². The molecule has 5 nitrogen and oxygen atoms in total. The van der Waals surface area contributed by atoms with Crippen LogP contribution in [0.15, 0.2) is 65.9 Å². The quantitative estimate of drug-likeness (QED) is 0.191. The summed E-state index contributed by atoms with van der Waals surface area (Å²) >= 11 is 0. The number of nitrogens with zero attached hydrogens (tertiary/aromatic N) is 3. The summed E-state index contributed by atoms with van der Waals surface area (Å²) < 4.78 is 41.7. The second-order valence-corrected chi connectivity index (χ2v) is 11.8. The Labute approximate surface area is 255 Å². The van der Waals surface area contributed by atoms with Gasteiger partial charge >= 0.3 is 12.4 Å². The molecule has 1 saturated carbocycles. The molecule has 1 saturated heterocycles. The molecular formula is C35H48F3N3O2. The lowest BCUT2D eigenvalue weighted by Gasteiger charge is -2.42. The molecule has 2 unspecified atom stereocenters. The minimum absolute atomic E-state index is 0.0382. The van der Waals surface area contributed by atoms with E-state index in [9.17, 15) is 18.0 Å². The second kappa shape index (κ2) is 16.5. The zero-order valence-corrected chi connectivity index (χ0v) is 26.2. The van der Waals surface area contributed by atoms with E-state index in [2.05, 4.69) is 49.5 Å². The molecule has 0 spiro atoms. The number of ether oxygens (including phenoxy) is 1. The molecule has 0 aromatic heterocycles. The lowest BCUT2D eigenvalue weighted by Crippen LogP contribution is -2.52. The molecule has 4 rings (SSSR count). The Bertz CT molecular complexity index is 1160. The highest BCUT2D eigenvalue weighted by Gasteiger charge is 2.35. The summed E-state index contributed by atoms with van der Waals surface area (Å²) in [5, 5.41) is 5.33. The van der Waals surface area contributed by atoms with Crippen LogP contribution < -0.4 is 4.74 Å². The summed E-state index contributed by atoms with van der Waals surface area (Å²) in [5.74, 6) is 1.75. The number of hydrogen-bond donors (Lipinski definition) is 0.